The van der Waals surface area contributed by atoms with Crippen LogP contribution in [-0.4, -0.2) is 0 Å². The van der Waals surface area contributed by atoms with Crippen molar-refractivity contribution in [2.75, 3.05) is 0 Å². The van der Waals surface area contributed by atoms with Crippen LogP contribution < -0.4 is 5.32 Å². The standard InChI is InChI=1S/C6H6N.Au/c1-2-4-6-7-5-3-1;/h1-5,7H;. The molecule has 1 aliphatic heterocycles. The molecule has 1 rings (SSSR count). The van der Waals surface area contributed by atoms with Gasteiger partial charge in [0.25, 0.3) is 0 Å². The minimum absolute atomic E-state index is 1.12. The summed E-state index contributed by atoms with van der Waals surface area (Å²) in [4.78, 5) is 0. The van der Waals surface area contributed by atoms with Gasteiger partial charge >= 0.3 is 60.8 Å². The molecule has 1 nitrogen and oxygen atoms in total. The molecule has 8 heavy (non-hydrogen) atoms. The van der Waals surface area contributed by atoms with E-state index >= 15 is 0 Å². The Kier molecular flexibility index (Phi) is 2.15. The van der Waals surface area contributed by atoms with E-state index in [0.29, 0.717) is 0 Å². The number of rotatable bonds is 0. The summed E-state index contributed by atoms with van der Waals surface area (Å²) >= 11 is 2.40. The molecule has 0 aromatic rings. The SMILES string of the molecule is [Au][C]1=CC=CC=CN1. The first-order chi connectivity index (χ1) is 3.89. The monoisotopic (exact) mass is 289 g/mol. The summed E-state index contributed by atoms with van der Waals surface area (Å²) in [5.74, 6) is 0. The molecule has 0 saturated heterocycles. The average Bonchev–Trinajstić information content (AvgIpc) is 1.94. The van der Waals surface area contributed by atoms with Gasteiger partial charge in [-0.25, -0.2) is 0 Å². The van der Waals surface area contributed by atoms with Crippen LogP contribution >= 0.6 is 0 Å². The van der Waals surface area contributed by atoms with E-state index < -0.39 is 0 Å². The second-order valence-corrected chi connectivity index (χ2v) is 2.53. The summed E-state index contributed by atoms with van der Waals surface area (Å²) < 4.78 is 1.12. The maximum atomic E-state index is 3.04. The molecular weight excluding hydrogens is 283 g/mol. The summed E-state index contributed by atoms with van der Waals surface area (Å²) in [5, 5.41) is 3.04. The van der Waals surface area contributed by atoms with E-state index in [1.54, 1.807) is 0 Å². The van der Waals surface area contributed by atoms with Gasteiger partial charge in [0.15, 0.2) is 0 Å². The molecule has 0 fully saturated rings. The van der Waals surface area contributed by atoms with E-state index in [1.807, 2.05) is 30.5 Å². The topological polar surface area (TPSA) is 12.0 Å². The normalized spacial score (nSPS) is 17.0. The molecular formula is C6H6AuN. The van der Waals surface area contributed by atoms with Crippen molar-refractivity contribution in [1.82, 2.24) is 5.32 Å². The molecule has 0 spiro atoms. The van der Waals surface area contributed by atoms with E-state index in [-0.39, 0.29) is 0 Å². The van der Waals surface area contributed by atoms with Gasteiger partial charge in [0.2, 0.25) is 0 Å². The molecule has 46 valence electrons. The summed E-state index contributed by atoms with van der Waals surface area (Å²) in [5.41, 5.74) is 0. The molecule has 1 N–H and O–H groups in total. The van der Waals surface area contributed by atoms with E-state index in [0.717, 1.165) is 3.91 Å². The van der Waals surface area contributed by atoms with Gasteiger partial charge < -0.3 is 0 Å². The molecule has 0 radical (unpaired) electrons. The van der Waals surface area contributed by atoms with Gasteiger partial charge in [-0.15, -0.1) is 0 Å². The van der Waals surface area contributed by atoms with Crippen molar-refractivity contribution in [2.24, 2.45) is 0 Å². The predicted octanol–water partition coefficient (Wildman–Crippen LogP) is 1.05. The Morgan fingerprint density at radius 1 is 1.25 bits per heavy atom. The third-order valence-electron chi connectivity index (χ3n) is 0.758. The van der Waals surface area contributed by atoms with Crippen molar-refractivity contribution < 1.29 is 21.1 Å². The fourth-order valence-electron chi connectivity index (χ4n) is 0.422. The first kappa shape index (κ1) is 5.89. The molecule has 0 bridgehead atoms. The molecule has 2 heteroatoms. The van der Waals surface area contributed by atoms with E-state index in [4.69, 9.17) is 0 Å². The summed E-state index contributed by atoms with van der Waals surface area (Å²) in [6.07, 6.45) is 9.83. The fourth-order valence-corrected chi connectivity index (χ4v) is 0.811. The predicted molar refractivity (Wildman–Crippen MR) is 29.5 cm³/mol. The van der Waals surface area contributed by atoms with E-state index in [9.17, 15) is 0 Å². The first-order valence-electron chi connectivity index (χ1n) is 2.31. The van der Waals surface area contributed by atoms with Gasteiger partial charge in [-0.1, -0.05) is 0 Å². The summed E-state index contributed by atoms with van der Waals surface area (Å²) in [6.45, 7) is 0. The molecule has 0 aliphatic carbocycles. The van der Waals surface area contributed by atoms with Crippen LogP contribution in [0.15, 0.2) is 34.4 Å². The van der Waals surface area contributed by atoms with Gasteiger partial charge in [0, 0.05) is 0 Å². The minimum atomic E-state index is 1.12. The second kappa shape index (κ2) is 2.92. The molecule has 0 atom stereocenters. The Hall–Kier alpha value is -0.240. The molecule has 1 aliphatic rings. The summed E-state index contributed by atoms with van der Waals surface area (Å²) in [6, 6.07) is 0. The molecule has 0 amide bonds. The van der Waals surface area contributed by atoms with Gasteiger partial charge in [-0.05, 0) is 0 Å². The van der Waals surface area contributed by atoms with Crippen LogP contribution in [0.5, 0.6) is 0 Å². The Morgan fingerprint density at radius 3 is 3.00 bits per heavy atom. The number of hydrogen-bond acceptors (Lipinski definition) is 1. The zero-order chi connectivity index (χ0) is 5.82. The van der Waals surface area contributed by atoms with Crippen LogP contribution in [0, 0.1) is 0 Å². The molecule has 0 aromatic carbocycles. The fraction of sp³-hybridized carbons (Fsp3) is 0. The Balaban J connectivity index is 2.69. The van der Waals surface area contributed by atoms with Gasteiger partial charge in [-0.3, -0.25) is 0 Å². The average molecular weight is 289 g/mol. The number of nitrogens with one attached hydrogen (secondary N) is 1. The van der Waals surface area contributed by atoms with Gasteiger partial charge in [0.05, 0.1) is 0 Å². The Labute approximate surface area is 61.1 Å². The quantitative estimate of drug-likeness (QED) is 0.657. The zero-order valence-corrected chi connectivity index (χ0v) is 6.35. The summed E-state index contributed by atoms with van der Waals surface area (Å²) in [7, 11) is 0. The number of allylic oxidation sites excluding steroid dienone is 4. The Morgan fingerprint density at radius 2 is 2.12 bits per heavy atom. The van der Waals surface area contributed by atoms with Crippen molar-refractivity contribution in [1.29, 1.82) is 0 Å². The molecule has 0 saturated carbocycles. The van der Waals surface area contributed by atoms with Crippen LogP contribution in [0.25, 0.3) is 0 Å². The number of hydrogen-bond donors (Lipinski definition) is 1. The van der Waals surface area contributed by atoms with Crippen LogP contribution in [-0.2, 0) is 21.1 Å². The third kappa shape index (κ3) is 1.70. The van der Waals surface area contributed by atoms with Crippen molar-refractivity contribution in [3.63, 3.8) is 0 Å². The van der Waals surface area contributed by atoms with Crippen molar-refractivity contribution >= 4 is 0 Å². The molecule has 0 aromatic heterocycles. The van der Waals surface area contributed by atoms with Crippen LogP contribution in [0.4, 0.5) is 0 Å². The molecule has 1 heterocycles. The van der Waals surface area contributed by atoms with Crippen molar-refractivity contribution in [3.05, 3.63) is 34.4 Å². The van der Waals surface area contributed by atoms with Crippen LogP contribution in [0.1, 0.15) is 0 Å². The van der Waals surface area contributed by atoms with Crippen LogP contribution in [0.3, 0.4) is 0 Å². The Bertz CT molecular complexity index is 156. The van der Waals surface area contributed by atoms with Crippen molar-refractivity contribution in [3.8, 4) is 0 Å². The van der Waals surface area contributed by atoms with Gasteiger partial charge in [-0.2, -0.15) is 0 Å². The van der Waals surface area contributed by atoms with E-state index in [1.165, 1.54) is 0 Å². The third-order valence-corrected chi connectivity index (χ3v) is 1.43. The van der Waals surface area contributed by atoms with E-state index in [2.05, 4.69) is 26.4 Å². The zero-order valence-electron chi connectivity index (χ0n) is 4.19. The van der Waals surface area contributed by atoms with Crippen molar-refractivity contribution in [2.45, 2.75) is 0 Å². The second-order valence-electron chi connectivity index (χ2n) is 1.36. The van der Waals surface area contributed by atoms with Crippen LogP contribution in [0.2, 0.25) is 0 Å². The maximum absolute atomic E-state index is 3.04. The first-order valence-corrected chi connectivity index (χ1v) is 3.39. The molecule has 0 unspecified atom stereocenters. The van der Waals surface area contributed by atoms with Gasteiger partial charge in [0.1, 0.15) is 0 Å².